The molecule has 0 radical (unpaired) electrons. The first kappa shape index (κ1) is 10.2. The first-order chi connectivity index (χ1) is 6.85. The molecule has 14 heavy (non-hydrogen) atoms. The third kappa shape index (κ3) is 1.88. The molecule has 1 aliphatic carbocycles. The second kappa shape index (κ2) is 4.49. The van der Waals surface area contributed by atoms with Gasteiger partial charge in [0.1, 0.15) is 0 Å². The molecule has 2 unspecified atom stereocenters. The van der Waals surface area contributed by atoms with Crippen molar-refractivity contribution in [2.45, 2.75) is 36.4 Å². The van der Waals surface area contributed by atoms with E-state index in [0.717, 1.165) is 17.5 Å². The van der Waals surface area contributed by atoms with E-state index in [1.807, 2.05) is 16.4 Å². The molecule has 1 aromatic rings. The first-order valence-electron chi connectivity index (χ1n) is 4.70. The Morgan fingerprint density at radius 2 is 2.43 bits per heavy atom. The lowest BCUT2D eigenvalue weighted by Crippen LogP contribution is -2.11. The molecule has 1 aromatic heterocycles. The van der Waals surface area contributed by atoms with Crippen LogP contribution in [0.3, 0.4) is 0 Å². The van der Waals surface area contributed by atoms with Crippen molar-refractivity contribution in [2.24, 2.45) is 0 Å². The van der Waals surface area contributed by atoms with Crippen molar-refractivity contribution in [3.05, 3.63) is 5.82 Å². The topological polar surface area (TPSA) is 43.6 Å². The number of tetrazole rings is 1. The van der Waals surface area contributed by atoms with Gasteiger partial charge in [-0.1, -0.05) is 0 Å². The van der Waals surface area contributed by atoms with Gasteiger partial charge in [-0.3, -0.25) is 0 Å². The van der Waals surface area contributed by atoms with Crippen LogP contribution in [0, 0.1) is 0 Å². The average molecular weight is 233 g/mol. The number of aromatic nitrogens is 4. The normalized spacial score (nSPS) is 27.0. The monoisotopic (exact) mass is 232 g/mol. The summed E-state index contributed by atoms with van der Waals surface area (Å²) in [6.07, 6.45) is 5.75. The Bertz CT molecular complexity index is 303. The van der Waals surface area contributed by atoms with Gasteiger partial charge in [0.25, 0.3) is 0 Å². The SMILES string of the molecule is CSC1CCC(n2nnnc2CCl)C1. The molecule has 4 nitrogen and oxygen atoms in total. The Morgan fingerprint density at radius 3 is 3.07 bits per heavy atom. The Morgan fingerprint density at radius 1 is 1.57 bits per heavy atom. The van der Waals surface area contributed by atoms with Gasteiger partial charge in [-0.15, -0.1) is 16.7 Å². The van der Waals surface area contributed by atoms with E-state index in [1.54, 1.807) is 0 Å². The summed E-state index contributed by atoms with van der Waals surface area (Å²) < 4.78 is 1.89. The summed E-state index contributed by atoms with van der Waals surface area (Å²) in [5.41, 5.74) is 0. The fourth-order valence-electron chi connectivity index (χ4n) is 1.94. The van der Waals surface area contributed by atoms with Crippen LogP contribution in [0.25, 0.3) is 0 Å². The Labute approximate surface area is 92.4 Å². The fraction of sp³-hybridized carbons (Fsp3) is 0.875. The summed E-state index contributed by atoms with van der Waals surface area (Å²) in [6, 6.07) is 0.455. The molecular formula is C8H13ClN4S. The minimum absolute atomic E-state index is 0.396. The third-order valence-electron chi connectivity index (χ3n) is 2.72. The first-order valence-corrected chi connectivity index (χ1v) is 6.53. The number of thioether (sulfide) groups is 1. The number of halogens is 1. The third-order valence-corrected chi connectivity index (χ3v) is 4.05. The molecule has 2 rings (SSSR count). The van der Waals surface area contributed by atoms with Gasteiger partial charge in [0.2, 0.25) is 0 Å². The molecule has 0 aliphatic heterocycles. The summed E-state index contributed by atoms with van der Waals surface area (Å²) in [6.45, 7) is 0. The molecular weight excluding hydrogens is 220 g/mol. The quantitative estimate of drug-likeness (QED) is 0.747. The maximum atomic E-state index is 5.75. The van der Waals surface area contributed by atoms with Crippen molar-refractivity contribution in [1.82, 2.24) is 20.2 Å². The summed E-state index contributed by atoms with van der Waals surface area (Å²) in [7, 11) is 0. The summed E-state index contributed by atoms with van der Waals surface area (Å²) in [5.74, 6) is 1.19. The van der Waals surface area contributed by atoms with E-state index in [9.17, 15) is 0 Å². The highest BCUT2D eigenvalue weighted by molar-refractivity contribution is 7.99. The van der Waals surface area contributed by atoms with E-state index in [4.69, 9.17) is 11.6 Å². The van der Waals surface area contributed by atoms with Crippen LogP contribution < -0.4 is 0 Å². The molecule has 0 N–H and O–H groups in total. The zero-order chi connectivity index (χ0) is 9.97. The highest BCUT2D eigenvalue weighted by Crippen LogP contribution is 2.35. The van der Waals surface area contributed by atoms with Gasteiger partial charge in [0.05, 0.1) is 11.9 Å². The van der Waals surface area contributed by atoms with Gasteiger partial charge < -0.3 is 0 Å². The number of nitrogens with zero attached hydrogens (tertiary/aromatic N) is 4. The van der Waals surface area contributed by atoms with Crippen molar-refractivity contribution < 1.29 is 0 Å². The number of hydrogen-bond donors (Lipinski definition) is 0. The zero-order valence-corrected chi connectivity index (χ0v) is 9.63. The van der Waals surface area contributed by atoms with E-state index in [-0.39, 0.29) is 0 Å². The van der Waals surface area contributed by atoms with Crippen LogP contribution in [-0.4, -0.2) is 31.7 Å². The zero-order valence-electron chi connectivity index (χ0n) is 8.06. The Balaban J connectivity index is 2.09. The van der Waals surface area contributed by atoms with Gasteiger partial charge in [-0.05, 0) is 35.9 Å². The largest absolute Gasteiger partial charge is 0.225 e. The van der Waals surface area contributed by atoms with Crippen molar-refractivity contribution in [3.8, 4) is 0 Å². The van der Waals surface area contributed by atoms with Crippen molar-refractivity contribution in [1.29, 1.82) is 0 Å². The number of hydrogen-bond acceptors (Lipinski definition) is 4. The predicted octanol–water partition coefficient (Wildman–Crippen LogP) is 1.87. The van der Waals surface area contributed by atoms with Gasteiger partial charge >= 0.3 is 0 Å². The molecule has 2 atom stereocenters. The highest BCUT2D eigenvalue weighted by atomic mass is 35.5. The lowest BCUT2D eigenvalue weighted by Gasteiger charge is -2.10. The minimum Gasteiger partial charge on any atom is -0.225 e. The summed E-state index contributed by atoms with van der Waals surface area (Å²) in [5, 5.41) is 12.3. The Hall–Kier alpha value is -0.290. The van der Waals surface area contributed by atoms with E-state index in [1.165, 1.54) is 12.8 Å². The van der Waals surface area contributed by atoms with Gasteiger partial charge in [0.15, 0.2) is 5.82 Å². The smallest absolute Gasteiger partial charge is 0.166 e. The summed E-state index contributed by atoms with van der Waals surface area (Å²) in [4.78, 5) is 0. The molecule has 0 bridgehead atoms. The number of rotatable bonds is 3. The molecule has 78 valence electrons. The predicted molar refractivity (Wildman–Crippen MR) is 57.6 cm³/mol. The maximum Gasteiger partial charge on any atom is 0.166 e. The van der Waals surface area contributed by atoms with Crippen LogP contribution in [0.2, 0.25) is 0 Å². The van der Waals surface area contributed by atoms with Crippen LogP contribution in [0.5, 0.6) is 0 Å². The molecule has 0 aromatic carbocycles. The molecule has 1 aliphatic rings. The molecule has 0 saturated heterocycles. The fourth-order valence-corrected chi connectivity index (χ4v) is 2.90. The van der Waals surface area contributed by atoms with E-state index in [0.29, 0.717) is 11.9 Å². The van der Waals surface area contributed by atoms with Gasteiger partial charge in [0, 0.05) is 5.25 Å². The molecule has 1 heterocycles. The molecule has 1 fully saturated rings. The van der Waals surface area contributed by atoms with Crippen LogP contribution >= 0.6 is 23.4 Å². The van der Waals surface area contributed by atoms with E-state index in [2.05, 4.69) is 21.8 Å². The van der Waals surface area contributed by atoms with Gasteiger partial charge in [-0.25, -0.2) is 4.68 Å². The molecule has 0 spiro atoms. The van der Waals surface area contributed by atoms with Crippen molar-refractivity contribution in [3.63, 3.8) is 0 Å². The lowest BCUT2D eigenvalue weighted by molar-refractivity contribution is 0.444. The highest BCUT2D eigenvalue weighted by Gasteiger charge is 2.27. The second-order valence-corrected chi connectivity index (χ2v) is 4.90. The standard InChI is InChI=1S/C8H13ClN4S/c1-14-7-3-2-6(4-7)13-8(5-9)10-11-12-13/h6-7H,2-5H2,1H3. The van der Waals surface area contributed by atoms with E-state index < -0.39 is 0 Å². The molecule has 1 saturated carbocycles. The van der Waals surface area contributed by atoms with Crippen LogP contribution in [0.15, 0.2) is 0 Å². The molecule has 0 amide bonds. The van der Waals surface area contributed by atoms with Crippen LogP contribution in [0.1, 0.15) is 31.1 Å². The maximum absolute atomic E-state index is 5.75. The summed E-state index contributed by atoms with van der Waals surface area (Å²) >= 11 is 7.69. The van der Waals surface area contributed by atoms with Crippen molar-refractivity contribution >= 4 is 23.4 Å². The van der Waals surface area contributed by atoms with Crippen molar-refractivity contribution in [2.75, 3.05) is 6.26 Å². The molecule has 6 heteroatoms. The van der Waals surface area contributed by atoms with Crippen LogP contribution in [0.4, 0.5) is 0 Å². The Kier molecular flexibility index (Phi) is 3.28. The second-order valence-electron chi connectivity index (χ2n) is 3.50. The van der Waals surface area contributed by atoms with Gasteiger partial charge in [-0.2, -0.15) is 11.8 Å². The van der Waals surface area contributed by atoms with E-state index >= 15 is 0 Å². The average Bonchev–Trinajstić information content (AvgIpc) is 2.85. The minimum atomic E-state index is 0.396. The van der Waals surface area contributed by atoms with Crippen LogP contribution in [-0.2, 0) is 5.88 Å². The number of alkyl halides is 1. The lowest BCUT2D eigenvalue weighted by atomic mass is 10.2.